The molecule has 0 spiro atoms. The van der Waals surface area contributed by atoms with Gasteiger partial charge in [-0.3, -0.25) is 0 Å². The van der Waals surface area contributed by atoms with Crippen molar-refractivity contribution < 1.29 is 8.96 Å². The average Bonchev–Trinajstić information content (AvgIpc) is 2.78. The Labute approximate surface area is 198 Å². The number of fused-ring (bicyclic) bond motifs is 5. The highest BCUT2D eigenvalue weighted by Gasteiger charge is 2.33. The van der Waals surface area contributed by atoms with Crippen molar-refractivity contribution in [2.24, 2.45) is 12.5 Å². The lowest BCUT2D eigenvalue weighted by molar-refractivity contribution is -0.659. The summed E-state index contributed by atoms with van der Waals surface area (Å²) in [6.45, 7) is 9.17. The van der Waals surface area contributed by atoms with Crippen LogP contribution < -0.4 is 4.57 Å². The highest BCUT2D eigenvalue weighted by molar-refractivity contribution is 8.00. The molecule has 6 rings (SSSR count). The normalized spacial score (nSPS) is 13.2. The van der Waals surface area contributed by atoms with Crippen LogP contribution in [-0.4, -0.2) is 0 Å². The van der Waals surface area contributed by atoms with E-state index in [1.807, 2.05) is 23.9 Å². The van der Waals surface area contributed by atoms with E-state index >= 15 is 0 Å². The quantitative estimate of drug-likeness (QED) is 0.180. The molecule has 0 fully saturated rings. The molecular formula is C30H27FNS+. The van der Waals surface area contributed by atoms with Crippen LogP contribution in [0.25, 0.3) is 43.6 Å². The van der Waals surface area contributed by atoms with E-state index in [4.69, 9.17) is 0 Å². The van der Waals surface area contributed by atoms with E-state index in [1.165, 1.54) is 43.4 Å². The van der Waals surface area contributed by atoms with Crippen molar-refractivity contribution in [2.45, 2.75) is 43.9 Å². The molecule has 33 heavy (non-hydrogen) atoms. The lowest BCUT2D eigenvalue weighted by Gasteiger charge is -2.28. The van der Waals surface area contributed by atoms with Crippen LogP contribution >= 0.6 is 11.8 Å². The minimum atomic E-state index is -0.156. The molecule has 1 aromatic heterocycles. The fraction of sp³-hybridized carbons (Fsp3) is 0.233. The Hall–Kier alpha value is -2.91. The summed E-state index contributed by atoms with van der Waals surface area (Å²) in [5.41, 5.74) is 5.44. The van der Waals surface area contributed by atoms with Gasteiger partial charge in [-0.15, -0.1) is 0 Å². The summed E-state index contributed by atoms with van der Waals surface area (Å²) in [5, 5.41) is 6.69. The summed E-state index contributed by atoms with van der Waals surface area (Å²) in [5.74, 6) is -0.156. The molecule has 0 radical (unpaired) electrons. The topological polar surface area (TPSA) is 3.88 Å². The molecule has 0 atom stereocenters. The van der Waals surface area contributed by atoms with Gasteiger partial charge in [-0.05, 0) is 58.2 Å². The molecule has 0 bridgehead atoms. The molecule has 5 aromatic rings. The van der Waals surface area contributed by atoms with E-state index < -0.39 is 0 Å². The predicted octanol–water partition coefficient (Wildman–Crippen LogP) is 8.14. The van der Waals surface area contributed by atoms with Crippen molar-refractivity contribution in [1.29, 1.82) is 0 Å². The zero-order chi connectivity index (χ0) is 23.1. The molecule has 1 aliphatic heterocycles. The van der Waals surface area contributed by atoms with Crippen molar-refractivity contribution in [2.75, 3.05) is 0 Å². The minimum Gasteiger partial charge on any atom is -0.206 e. The van der Waals surface area contributed by atoms with Crippen LogP contribution in [0.15, 0.2) is 70.6 Å². The number of hydrogen-bond acceptors (Lipinski definition) is 1. The van der Waals surface area contributed by atoms with Gasteiger partial charge in [0.2, 0.25) is 5.69 Å². The predicted molar refractivity (Wildman–Crippen MR) is 138 cm³/mol. The molecule has 0 unspecified atom stereocenters. The number of benzene rings is 4. The van der Waals surface area contributed by atoms with Crippen LogP contribution in [0.1, 0.15) is 31.9 Å². The Bertz CT molecular complexity index is 1630. The maximum Gasteiger partial charge on any atom is 0.222 e. The van der Waals surface area contributed by atoms with E-state index in [2.05, 4.69) is 81.9 Å². The number of hydrogen-bond donors (Lipinski definition) is 0. The molecule has 3 heteroatoms. The van der Waals surface area contributed by atoms with Crippen LogP contribution in [0, 0.1) is 18.2 Å². The molecule has 164 valence electrons. The Balaban J connectivity index is 1.83. The van der Waals surface area contributed by atoms with Gasteiger partial charge in [0.15, 0.2) is 6.20 Å². The molecule has 0 saturated carbocycles. The van der Waals surface area contributed by atoms with Gasteiger partial charge >= 0.3 is 0 Å². The van der Waals surface area contributed by atoms with E-state index in [0.717, 1.165) is 22.1 Å². The van der Waals surface area contributed by atoms with Gasteiger partial charge < -0.3 is 0 Å². The molecule has 0 amide bonds. The Morgan fingerprint density at radius 3 is 2.36 bits per heavy atom. The number of rotatable bonds is 1. The molecule has 2 heterocycles. The lowest BCUT2D eigenvalue weighted by atomic mass is 9.83. The number of aromatic nitrogens is 1. The van der Waals surface area contributed by atoms with E-state index in [0.29, 0.717) is 5.39 Å². The minimum absolute atomic E-state index is 0.149. The summed E-state index contributed by atoms with van der Waals surface area (Å²) in [6.07, 6.45) is 3.11. The number of halogens is 1. The van der Waals surface area contributed by atoms with Crippen molar-refractivity contribution in [3.05, 3.63) is 77.7 Å². The van der Waals surface area contributed by atoms with Crippen LogP contribution in [-0.2, 0) is 13.5 Å². The Morgan fingerprint density at radius 2 is 1.61 bits per heavy atom. The van der Waals surface area contributed by atoms with Gasteiger partial charge in [0, 0.05) is 26.6 Å². The first kappa shape index (κ1) is 20.7. The van der Waals surface area contributed by atoms with E-state index in [-0.39, 0.29) is 11.2 Å². The van der Waals surface area contributed by atoms with E-state index in [9.17, 15) is 4.39 Å². The summed E-state index contributed by atoms with van der Waals surface area (Å²) >= 11 is 1.82. The highest BCUT2D eigenvalue weighted by Crippen LogP contribution is 2.53. The maximum absolute atomic E-state index is 14.9. The summed E-state index contributed by atoms with van der Waals surface area (Å²) < 4.78 is 17.1. The highest BCUT2D eigenvalue weighted by atomic mass is 32.2. The van der Waals surface area contributed by atoms with E-state index in [1.54, 1.807) is 6.07 Å². The zero-order valence-electron chi connectivity index (χ0n) is 19.7. The van der Waals surface area contributed by atoms with Crippen molar-refractivity contribution in [1.82, 2.24) is 0 Å². The fourth-order valence-corrected chi connectivity index (χ4v) is 6.85. The smallest absolute Gasteiger partial charge is 0.206 e. The first-order chi connectivity index (χ1) is 15.7. The third-order valence-electron chi connectivity index (χ3n) is 6.88. The molecule has 1 nitrogen and oxygen atoms in total. The average molecular weight is 453 g/mol. The molecule has 0 N–H and O–H groups in total. The second-order valence-corrected chi connectivity index (χ2v) is 11.5. The summed E-state index contributed by atoms with van der Waals surface area (Å²) in [7, 11) is 2.13. The van der Waals surface area contributed by atoms with Crippen LogP contribution in [0.5, 0.6) is 0 Å². The van der Waals surface area contributed by atoms with Crippen LogP contribution in [0.2, 0.25) is 0 Å². The monoisotopic (exact) mass is 452 g/mol. The number of pyridine rings is 1. The molecule has 4 aromatic carbocycles. The SMILES string of the molecule is Cc1c2c(c(CC(C)(C)C)c3ccccc13)Sc1cc3c(F)cccc3c3cc[n+](C)c-2c13. The third-order valence-corrected chi connectivity index (χ3v) is 8.07. The number of aryl methyl sites for hydroxylation is 2. The maximum atomic E-state index is 14.9. The Morgan fingerprint density at radius 1 is 0.879 bits per heavy atom. The third kappa shape index (κ3) is 3.02. The largest absolute Gasteiger partial charge is 0.222 e. The van der Waals surface area contributed by atoms with Gasteiger partial charge in [0.05, 0.1) is 10.9 Å². The summed E-state index contributed by atoms with van der Waals surface area (Å²) in [6, 6.07) is 18.4. The molecular weight excluding hydrogens is 425 g/mol. The fourth-order valence-electron chi connectivity index (χ4n) is 5.49. The lowest BCUT2D eigenvalue weighted by Crippen LogP contribution is -2.32. The van der Waals surface area contributed by atoms with Crippen LogP contribution in [0.3, 0.4) is 0 Å². The van der Waals surface area contributed by atoms with Crippen LogP contribution in [0.4, 0.5) is 4.39 Å². The van der Waals surface area contributed by atoms with Crippen molar-refractivity contribution in [3.8, 4) is 11.3 Å². The zero-order valence-corrected chi connectivity index (χ0v) is 20.5. The Kier molecular flexibility index (Phi) is 4.41. The standard InChI is InChI=1S/C30H27FNS/c1-17-18-9-6-7-10-19(18)23(16-30(2,3)4)29-26(17)28-27-21(13-14-32(28)5)20-11-8-12-24(31)22(20)15-25(27)33-29/h6-15H,16H2,1-5H3/q+1. The molecule has 0 saturated heterocycles. The van der Waals surface area contributed by atoms with Crippen molar-refractivity contribution >= 4 is 44.1 Å². The van der Waals surface area contributed by atoms with Gasteiger partial charge in [0.1, 0.15) is 12.9 Å². The van der Waals surface area contributed by atoms with Gasteiger partial charge in [-0.25, -0.2) is 8.96 Å². The molecule has 1 aliphatic rings. The first-order valence-electron chi connectivity index (χ1n) is 11.5. The molecule has 0 aliphatic carbocycles. The van der Waals surface area contributed by atoms with Crippen molar-refractivity contribution in [3.63, 3.8) is 0 Å². The second kappa shape index (κ2) is 7.04. The van der Waals surface area contributed by atoms with Gasteiger partial charge in [-0.1, -0.05) is 68.9 Å². The first-order valence-corrected chi connectivity index (χ1v) is 12.3. The number of nitrogens with zero attached hydrogens (tertiary/aromatic N) is 1. The second-order valence-electron chi connectivity index (χ2n) is 10.5. The summed E-state index contributed by atoms with van der Waals surface area (Å²) in [4.78, 5) is 2.47. The van der Waals surface area contributed by atoms with Gasteiger partial charge in [0.25, 0.3) is 0 Å². The van der Waals surface area contributed by atoms with Gasteiger partial charge in [-0.2, -0.15) is 0 Å².